The fraction of sp³-hybridized carbons (Fsp3) is 0.500. The molecule has 2 atom stereocenters. The molecule has 0 radical (unpaired) electrons. The number of hydrogen-bond donors (Lipinski definition) is 2. The minimum Gasteiger partial charge on any atom is -0.507 e. The lowest BCUT2D eigenvalue weighted by Crippen LogP contribution is -2.15. The number of aromatic hydroxyl groups is 2. The van der Waals surface area contributed by atoms with E-state index in [0.29, 0.717) is 18.4 Å². The third-order valence-corrected chi connectivity index (χ3v) is 6.32. The molecule has 6 nitrogen and oxygen atoms in total. The molecule has 1 aromatic heterocycles. The van der Waals surface area contributed by atoms with Gasteiger partial charge in [-0.2, -0.15) is 0 Å². The van der Waals surface area contributed by atoms with Crippen molar-refractivity contribution in [3.63, 3.8) is 0 Å². The molecule has 0 bridgehead atoms. The zero-order valence-corrected chi connectivity index (χ0v) is 21.4. The van der Waals surface area contributed by atoms with Crippen LogP contribution in [0.2, 0.25) is 0 Å². The quantitative estimate of drug-likeness (QED) is 0.214. The summed E-state index contributed by atoms with van der Waals surface area (Å²) in [5.74, 6) is -1.27. The molecule has 6 heteroatoms. The highest BCUT2D eigenvalue weighted by Crippen LogP contribution is 2.44. The van der Waals surface area contributed by atoms with E-state index in [1.165, 1.54) is 18.7 Å². The van der Waals surface area contributed by atoms with Gasteiger partial charge < -0.3 is 19.4 Å². The van der Waals surface area contributed by atoms with E-state index in [9.17, 15) is 19.8 Å². The Balaban J connectivity index is 2.80. The number of carbonyl (C=O) groups is 1. The molecule has 186 valence electrons. The summed E-state index contributed by atoms with van der Waals surface area (Å²) in [5.41, 5.74) is 2.22. The molecule has 0 fully saturated rings. The number of ether oxygens (including phenoxy) is 1. The van der Waals surface area contributed by atoms with Crippen molar-refractivity contribution in [1.29, 1.82) is 0 Å². The van der Waals surface area contributed by atoms with E-state index in [2.05, 4.69) is 19.9 Å². The first-order chi connectivity index (χ1) is 16.1. The summed E-state index contributed by atoms with van der Waals surface area (Å²) >= 11 is 0. The van der Waals surface area contributed by atoms with E-state index in [1.54, 1.807) is 6.92 Å². The van der Waals surface area contributed by atoms with Gasteiger partial charge in [0.2, 0.25) is 0 Å². The van der Waals surface area contributed by atoms with Gasteiger partial charge in [-0.25, -0.2) is 4.79 Å². The Morgan fingerprint density at radius 2 is 1.79 bits per heavy atom. The van der Waals surface area contributed by atoms with Gasteiger partial charge in [-0.15, -0.1) is 0 Å². The molecule has 2 aromatic rings. The Morgan fingerprint density at radius 1 is 1.12 bits per heavy atom. The second-order valence-corrected chi connectivity index (χ2v) is 9.16. The maximum Gasteiger partial charge on any atom is 0.336 e. The number of hydrogen-bond acceptors (Lipinski definition) is 6. The smallest absolute Gasteiger partial charge is 0.336 e. The number of fused-ring (bicyclic) bond motifs is 1. The first kappa shape index (κ1) is 27.4. The molecule has 2 rings (SSSR count). The van der Waals surface area contributed by atoms with Crippen LogP contribution in [0.1, 0.15) is 94.8 Å². The van der Waals surface area contributed by atoms with Crippen LogP contribution < -0.4 is 5.63 Å². The van der Waals surface area contributed by atoms with Gasteiger partial charge in [0.05, 0.1) is 11.5 Å². The normalized spacial score (nSPS) is 13.7. The van der Waals surface area contributed by atoms with Crippen LogP contribution in [0, 0.1) is 5.92 Å². The van der Waals surface area contributed by atoms with Gasteiger partial charge in [0, 0.05) is 30.2 Å². The predicted molar refractivity (Wildman–Crippen MR) is 136 cm³/mol. The molecule has 1 aromatic carbocycles. The highest BCUT2D eigenvalue weighted by molar-refractivity contribution is 6.12. The maximum atomic E-state index is 13.3. The second kappa shape index (κ2) is 12.0. The third kappa shape index (κ3) is 5.98. The van der Waals surface area contributed by atoms with E-state index in [4.69, 9.17) is 9.15 Å². The molecule has 1 heterocycles. The summed E-state index contributed by atoms with van der Waals surface area (Å²) in [7, 11) is 1.52. The Hall–Kier alpha value is -2.86. The van der Waals surface area contributed by atoms with Crippen LogP contribution in [-0.2, 0) is 11.2 Å². The first-order valence-corrected chi connectivity index (χ1v) is 12.0. The minimum absolute atomic E-state index is 0.0577. The number of rotatable bonds is 11. The number of Topliss-reactive ketones (excluding diaryl/α,β-unsaturated/α-hetero) is 1. The van der Waals surface area contributed by atoms with Crippen molar-refractivity contribution >= 4 is 16.8 Å². The summed E-state index contributed by atoms with van der Waals surface area (Å²) < 4.78 is 11.0. The van der Waals surface area contributed by atoms with Gasteiger partial charge in [-0.3, -0.25) is 4.79 Å². The van der Waals surface area contributed by atoms with Crippen molar-refractivity contribution in [3.8, 4) is 11.5 Å². The molecular formula is C28H38O6. The molecule has 0 aliphatic carbocycles. The van der Waals surface area contributed by atoms with Crippen LogP contribution in [0.5, 0.6) is 11.5 Å². The minimum atomic E-state index is -0.669. The number of phenolic OH excluding ortho intramolecular Hbond substituents is 2. The van der Waals surface area contributed by atoms with E-state index in [0.717, 1.165) is 18.4 Å². The van der Waals surface area contributed by atoms with Gasteiger partial charge in [0.15, 0.2) is 11.4 Å². The molecule has 34 heavy (non-hydrogen) atoms. The van der Waals surface area contributed by atoms with Crippen molar-refractivity contribution in [2.45, 2.75) is 79.8 Å². The topological polar surface area (TPSA) is 97.0 Å². The van der Waals surface area contributed by atoms with Gasteiger partial charge in [0.25, 0.3) is 0 Å². The zero-order chi connectivity index (χ0) is 25.6. The first-order valence-electron chi connectivity index (χ1n) is 12.0. The summed E-state index contributed by atoms with van der Waals surface area (Å²) in [5, 5.41) is 22.7. The molecule has 0 aliphatic heterocycles. The van der Waals surface area contributed by atoms with Crippen LogP contribution >= 0.6 is 0 Å². The van der Waals surface area contributed by atoms with Crippen LogP contribution in [-0.4, -0.2) is 23.1 Å². The molecule has 2 unspecified atom stereocenters. The number of carbonyl (C=O) groups excluding carboxylic acids is 1. The molecular weight excluding hydrogens is 432 g/mol. The summed E-state index contributed by atoms with van der Waals surface area (Å²) in [4.78, 5) is 25.7. The van der Waals surface area contributed by atoms with E-state index in [-0.39, 0.29) is 45.8 Å². The summed E-state index contributed by atoms with van der Waals surface area (Å²) in [6.07, 6.45) is 6.71. The highest BCUT2D eigenvalue weighted by Gasteiger charge is 2.30. The Morgan fingerprint density at radius 3 is 2.35 bits per heavy atom. The summed E-state index contributed by atoms with van der Waals surface area (Å²) in [6, 6.07) is 1.29. The number of methoxy groups -OCH3 is 1. The number of benzene rings is 1. The highest BCUT2D eigenvalue weighted by atomic mass is 16.5. The van der Waals surface area contributed by atoms with Gasteiger partial charge >= 0.3 is 5.63 Å². The van der Waals surface area contributed by atoms with Crippen LogP contribution in [0.25, 0.3) is 11.0 Å². The summed E-state index contributed by atoms with van der Waals surface area (Å²) in [6.45, 7) is 11.7. The van der Waals surface area contributed by atoms with Crippen molar-refractivity contribution in [2.75, 3.05) is 7.11 Å². The fourth-order valence-electron chi connectivity index (χ4n) is 4.04. The van der Waals surface area contributed by atoms with E-state index in [1.807, 2.05) is 26.8 Å². The monoisotopic (exact) mass is 470 g/mol. The molecule has 0 aliphatic rings. The van der Waals surface area contributed by atoms with Crippen LogP contribution in [0.4, 0.5) is 0 Å². The van der Waals surface area contributed by atoms with Gasteiger partial charge in [-0.05, 0) is 52.9 Å². The van der Waals surface area contributed by atoms with Crippen molar-refractivity contribution in [2.24, 2.45) is 5.92 Å². The number of phenols is 2. The molecule has 0 amide bonds. The lowest BCUT2D eigenvalue weighted by atomic mass is 9.89. The Bertz CT molecular complexity index is 1140. The van der Waals surface area contributed by atoms with E-state index >= 15 is 0 Å². The average Bonchev–Trinajstić information content (AvgIpc) is 2.78. The fourth-order valence-corrected chi connectivity index (χ4v) is 4.04. The maximum absolute atomic E-state index is 13.3. The van der Waals surface area contributed by atoms with Gasteiger partial charge in [-0.1, -0.05) is 44.1 Å². The lowest BCUT2D eigenvalue weighted by Gasteiger charge is -2.20. The van der Waals surface area contributed by atoms with Crippen molar-refractivity contribution in [1.82, 2.24) is 0 Å². The third-order valence-electron chi connectivity index (χ3n) is 6.32. The number of allylic oxidation sites excluding steroid dienone is 4. The van der Waals surface area contributed by atoms with Crippen LogP contribution in [0.3, 0.4) is 0 Å². The van der Waals surface area contributed by atoms with Crippen molar-refractivity contribution in [3.05, 3.63) is 56.5 Å². The van der Waals surface area contributed by atoms with Crippen LogP contribution in [0.15, 0.2) is 38.6 Å². The molecule has 0 saturated heterocycles. The largest absolute Gasteiger partial charge is 0.507 e. The Kier molecular flexibility index (Phi) is 9.68. The standard InChI is InChI=1S/C28H38O6/c1-8-18(6)25(30)24-27(32)19(14-13-17(5)12-10-11-16(3)4)26(31)23-20(21(9-2)33-7)15-22(29)34-28(23)24/h11,13,15,18,21,31-32H,8-10,12,14H2,1-7H3/b17-13+. The SMILES string of the molecule is CCC(C)C(=O)c1c(O)c(C/C=C(\C)CCC=C(C)C)c(O)c2c(C(CC)OC)cc(=O)oc12. The van der Waals surface area contributed by atoms with Crippen molar-refractivity contribution < 1.29 is 24.2 Å². The second-order valence-electron chi connectivity index (χ2n) is 9.16. The molecule has 0 saturated carbocycles. The number of ketones is 1. The Labute approximate surface area is 201 Å². The predicted octanol–water partition coefficient (Wildman–Crippen LogP) is 6.77. The lowest BCUT2D eigenvalue weighted by molar-refractivity contribution is 0.0924. The van der Waals surface area contributed by atoms with E-state index < -0.39 is 17.6 Å². The molecule has 0 spiro atoms. The molecule has 2 N–H and O–H groups in total. The average molecular weight is 471 g/mol. The zero-order valence-electron chi connectivity index (χ0n) is 21.4. The van der Waals surface area contributed by atoms with Gasteiger partial charge in [0.1, 0.15) is 17.1 Å².